The summed E-state index contributed by atoms with van der Waals surface area (Å²) in [4.78, 5) is 3.97. The lowest BCUT2D eigenvalue weighted by molar-refractivity contribution is 0.0466. The van der Waals surface area contributed by atoms with Crippen molar-refractivity contribution < 1.29 is 0 Å². The normalized spacial score (nSPS) is 30.9. The smallest absolute Gasteiger partial charge is 0.0335 e. The Kier molecular flexibility index (Phi) is 4.56. The van der Waals surface area contributed by atoms with Gasteiger partial charge in [-0.15, -0.1) is 11.3 Å². The molecule has 1 aromatic heterocycles. The lowest BCUT2D eigenvalue weighted by Gasteiger charge is -2.47. The van der Waals surface area contributed by atoms with Gasteiger partial charge in [0.05, 0.1) is 0 Å². The second kappa shape index (κ2) is 6.07. The minimum absolute atomic E-state index is 0.238. The molecular formula is C16H25BrN2S. The number of hydrogen-bond acceptors (Lipinski definition) is 3. The number of halogens is 1. The summed E-state index contributed by atoms with van der Waals surface area (Å²) in [5.74, 6) is 1.95. The third-order valence-corrected chi connectivity index (χ3v) is 7.03. The molecule has 112 valence electrons. The van der Waals surface area contributed by atoms with Gasteiger partial charge in [0.1, 0.15) is 0 Å². The Balaban J connectivity index is 1.69. The molecule has 0 saturated heterocycles. The molecule has 2 aliphatic carbocycles. The van der Waals surface area contributed by atoms with E-state index < -0.39 is 0 Å². The quantitative estimate of drug-likeness (QED) is 0.854. The van der Waals surface area contributed by atoms with Crippen LogP contribution in [0.3, 0.4) is 0 Å². The molecule has 0 aromatic carbocycles. The summed E-state index contributed by atoms with van der Waals surface area (Å²) >= 11 is 5.39. The zero-order valence-corrected chi connectivity index (χ0v) is 14.7. The Bertz CT molecular complexity index is 457. The zero-order chi connectivity index (χ0) is 14.2. The van der Waals surface area contributed by atoms with E-state index in [1.807, 2.05) is 11.3 Å². The first kappa shape index (κ1) is 15.0. The van der Waals surface area contributed by atoms with Gasteiger partial charge < -0.3 is 5.73 Å². The number of hydrogen-bond donors (Lipinski definition) is 1. The lowest BCUT2D eigenvalue weighted by Crippen LogP contribution is -2.54. The van der Waals surface area contributed by atoms with Gasteiger partial charge in [-0.3, -0.25) is 4.90 Å². The average Bonchev–Trinajstić information content (AvgIpc) is 3.23. The predicted molar refractivity (Wildman–Crippen MR) is 90.0 cm³/mol. The lowest BCUT2D eigenvalue weighted by atomic mass is 9.73. The molecule has 0 amide bonds. The fourth-order valence-electron chi connectivity index (χ4n) is 3.88. The minimum atomic E-state index is 0.238. The van der Waals surface area contributed by atoms with E-state index in [0.717, 1.165) is 24.9 Å². The Hall–Kier alpha value is 0.1000. The summed E-state index contributed by atoms with van der Waals surface area (Å²) in [7, 11) is 2.27. The van der Waals surface area contributed by atoms with Gasteiger partial charge in [-0.1, -0.05) is 12.8 Å². The van der Waals surface area contributed by atoms with Crippen LogP contribution in [0.15, 0.2) is 15.9 Å². The molecule has 0 bridgehead atoms. The Morgan fingerprint density at radius 2 is 2.20 bits per heavy atom. The minimum Gasteiger partial charge on any atom is -0.329 e. The van der Waals surface area contributed by atoms with E-state index in [9.17, 15) is 0 Å². The van der Waals surface area contributed by atoms with E-state index in [-0.39, 0.29) is 5.54 Å². The fraction of sp³-hybridized carbons (Fsp3) is 0.750. The van der Waals surface area contributed by atoms with Crippen molar-refractivity contribution in [2.24, 2.45) is 17.6 Å². The molecule has 2 atom stereocenters. The van der Waals surface area contributed by atoms with E-state index >= 15 is 0 Å². The van der Waals surface area contributed by atoms with Gasteiger partial charge in [0.2, 0.25) is 0 Å². The first-order valence-electron chi connectivity index (χ1n) is 7.77. The molecule has 2 unspecified atom stereocenters. The molecule has 2 fully saturated rings. The van der Waals surface area contributed by atoms with Crippen molar-refractivity contribution in [1.29, 1.82) is 0 Å². The monoisotopic (exact) mass is 356 g/mol. The molecule has 3 rings (SSSR count). The van der Waals surface area contributed by atoms with E-state index in [2.05, 4.69) is 39.3 Å². The van der Waals surface area contributed by atoms with Crippen molar-refractivity contribution in [2.75, 3.05) is 13.6 Å². The molecule has 0 spiro atoms. The topological polar surface area (TPSA) is 29.3 Å². The van der Waals surface area contributed by atoms with Gasteiger partial charge in [0.25, 0.3) is 0 Å². The van der Waals surface area contributed by atoms with E-state index in [1.165, 1.54) is 47.9 Å². The van der Waals surface area contributed by atoms with Crippen LogP contribution in [0.2, 0.25) is 0 Å². The molecule has 4 heteroatoms. The van der Waals surface area contributed by atoms with Crippen molar-refractivity contribution in [3.8, 4) is 0 Å². The van der Waals surface area contributed by atoms with Crippen LogP contribution in [0.1, 0.15) is 43.4 Å². The summed E-state index contributed by atoms with van der Waals surface area (Å²) in [6.07, 6.45) is 8.31. The van der Waals surface area contributed by atoms with Crippen LogP contribution in [0.25, 0.3) is 0 Å². The number of rotatable bonds is 5. The van der Waals surface area contributed by atoms with Crippen LogP contribution in [0, 0.1) is 11.8 Å². The third kappa shape index (κ3) is 3.13. The van der Waals surface area contributed by atoms with E-state index in [0.29, 0.717) is 0 Å². The van der Waals surface area contributed by atoms with Crippen molar-refractivity contribution in [1.82, 2.24) is 4.90 Å². The van der Waals surface area contributed by atoms with Crippen LogP contribution in [-0.4, -0.2) is 24.0 Å². The molecule has 20 heavy (non-hydrogen) atoms. The van der Waals surface area contributed by atoms with Gasteiger partial charge >= 0.3 is 0 Å². The van der Waals surface area contributed by atoms with Crippen molar-refractivity contribution in [2.45, 2.75) is 50.6 Å². The third-order valence-electron chi connectivity index (χ3n) is 5.35. The maximum absolute atomic E-state index is 6.23. The van der Waals surface area contributed by atoms with Gasteiger partial charge in [-0.25, -0.2) is 0 Å². The summed E-state index contributed by atoms with van der Waals surface area (Å²) < 4.78 is 1.20. The number of thiophene rings is 1. The molecule has 2 aliphatic rings. The van der Waals surface area contributed by atoms with Crippen molar-refractivity contribution >= 4 is 27.3 Å². The maximum atomic E-state index is 6.23. The van der Waals surface area contributed by atoms with Gasteiger partial charge in [0, 0.05) is 33.4 Å². The van der Waals surface area contributed by atoms with Crippen LogP contribution in [-0.2, 0) is 6.54 Å². The highest BCUT2D eigenvalue weighted by atomic mass is 79.9. The molecule has 0 radical (unpaired) electrons. The first-order valence-corrected chi connectivity index (χ1v) is 9.44. The molecule has 2 N–H and O–H groups in total. The van der Waals surface area contributed by atoms with Crippen LogP contribution in [0.5, 0.6) is 0 Å². The van der Waals surface area contributed by atoms with Crippen LogP contribution < -0.4 is 5.73 Å². The Morgan fingerprint density at radius 3 is 2.80 bits per heavy atom. The molecule has 1 heterocycles. The predicted octanol–water partition coefficient (Wildman–Crippen LogP) is 4.24. The highest BCUT2D eigenvalue weighted by Gasteiger charge is 2.43. The van der Waals surface area contributed by atoms with E-state index in [4.69, 9.17) is 5.73 Å². The zero-order valence-electron chi connectivity index (χ0n) is 12.3. The summed E-state index contributed by atoms with van der Waals surface area (Å²) in [5, 5.41) is 2.17. The maximum Gasteiger partial charge on any atom is 0.0335 e. The molecular weight excluding hydrogens is 332 g/mol. The second-order valence-electron chi connectivity index (χ2n) is 6.71. The number of nitrogens with zero attached hydrogens (tertiary/aromatic N) is 1. The largest absolute Gasteiger partial charge is 0.329 e. The Labute approximate surface area is 134 Å². The fourth-order valence-corrected chi connectivity index (χ4v) is 5.39. The molecule has 2 nitrogen and oxygen atoms in total. The summed E-state index contributed by atoms with van der Waals surface area (Å²) in [6.45, 7) is 1.84. The van der Waals surface area contributed by atoms with Gasteiger partial charge in [0.15, 0.2) is 0 Å². The van der Waals surface area contributed by atoms with Gasteiger partial charge in [-0.05, 0) is 66.6 Å². The standard InChI is InChI=1S/C16H25BrN2S/c1-19(9-15-7-14(17)10-20-15)16(11-18)6-2-3-13(8-16)12-4-5-12/h7,10,12-13H,2-6,8-9,11,18H2,1H3. The van der Waals surface area contributed by atoms with Crippen molar-refractivity contribution in [3.63, 3.8) is 0 Å². The number of nitrogens with two attached hydrogens (primary N) is 1. The van der Waals surface area contributed by atoms with Crippen LogP contribution in [0.4, 0.5) is 0 Å². The highest BCUT2D eigenvalue weighted by Crippen LogP contribution is 2.48. The summed E-state index contributed by atoms with van der Waals surface area (Å²) in [6, 6.07) is 2.24. The average molecular weight is 357 g/mol. The molecule has 2 saturated carbocycles. The van der Waals surface area contributed by atoms with Crippen LogP contribution >= 0.6 is 27.3 Å². The summed E-state index contributed by atoms with van der Waals surface area (Å²) in [5.41, 5.74) is 6.47. The first-order chi connectivity index (χ1) is 9.63. The number of likely N-dealkylation sites (N-methyl/N-ethyl adjacent to an activating group) is 1. The second-order valence-corrected chi connectivity index (χ2v) is 8.62. The van der Waals surface area contributed by atoms with Gasteiger partial charge in [-0.2, -0.15) is 0 Å². The molecule has 0 aliphatic heterocycles. The van der Waals surface area contributed by atoms with E-state index in [1.54, 1.807) is 0 Å². The SMILES string of the molecule is CN(Cc1cc(Br)cs1)C1(CN)CCCC(C2CC2)C1. The highest BCUT2D eigenvalue weighted by molar-refractivity contribution is 9.10. The van der Waals surface area contributed by atoms with Crippen molar-refractivity contribution in [3.05, 3.63) is 20.8 Å². The Morgan fingerprint density at radius 1 is 1.40 bits per heavy atom. The molecule has 1 aromatic rings.